The van der Waals surface area contributed by atoms with Gasteiger partial charge in [-0.2, -0.15) is 10.2 Å². The molecule has 0 spiro atoms. The van der Waals surface area contributed by atoms with Crippen molar-refractivity contribution in [2.75, 3.05) is 0 Å². The standard InChI is InChI=1S/2C3H4N2.ClH.HO3P/c2*1-2-4-5-3-1;;1-4(2)3/h2*1-3H,(H,4,5);1H;(H-,1,2,3)/p+1. The molecule has 2 heterocycles. The molecule has 2 rings (SSSR count). The number of hydrogen-bond acceptors (Lipinski definition) is 3. The molecule has 9 heteroatoms. The molecule has 0 radical (unpaired) electrons. The van der Waals surface area contributed by atoms with Gasteiger partial charge in [0.05, 0.1) is 0 Å². The summed E-state index contributed by atoms with van der Waals surface area (Å²) in [7, 11) is -2.87. The summed E-state index contributed by atoms with van der Waals surface area (Å²) >= 11 is 0. The quantitative estimate of drug-likeness (QED) is 0.520. The Labute approximate surface area is 92.9 Å². The van der Waals surface area contributed by atoms with Crippen molar-refractivity contribution in [3.63, 3.8) is 0 Å². The van der Waals surface area contributed by atoms with Gasteiger partial charge in [-0.05, 0) is 12.1 Å². The van der Waals surface area contributed by atoms with E-state index in [1.54, 1.807) is 24.8 Å². The first-order valence-corrected chi connectivity index (χ1v) is 4.62. The summed E-state index contributed by atoms with van der Waals surface area (Å²) in [5, 5.41) is 12.4. The van der Waals surface area contributed by atoms with Gasteiger partial charge in [0.15, 0.2) is 0 Å². The normalized spacial score (nSPS) is 7.07. The van der Waals surface area contributed by atoms with Crippen LogP contribution in [0.5, 0.6) is 0 Å². The van der Waals surface area contributed by atoms with E-state index < -0.39 is 8.25 Å². The molecule has 2 aromatic rings. The third kappa shape index (κ3) is 19.2. The summed E-state index contributed by atoms with van der Waals surface area (Å²) in [6, 6.07) is 3.67. The summed E-state index contributed by atoms with van der Waals surface area (Å²) in [6.07, 6.45) is 6.92. The van der Waals surface area contributed by atoms with Crippen molar-refractivity contribution < 1.29 is 14.4 Å². The average Bonchev–Trinajstić information content (AvgIpc) is 2.83. The second kappa shape index (κ2) is 12.7. The zero-order chi connectivity index (χ0) is 10.6. The Morgan fingerprint density at radius 1 is 1.00 bits per heavy atom. The molecule has 0 amide bonds. The number of nitrogens with zero attached hydrogens (tertiary/aromatic N) is 2. The molecule has 0 atom stereocenters. The fourth-order valence-electron chi connectivity index (χ4n) is 0.430. The summed E-state index contributed by atoms with van der Waals surface area (Å²) in [6.45, 7) is 0. The van der Waals surface area contributed by atoms with Gasteiger partial charge in [-0.1, -0.05) is 0 Å². The molecule has 0 aliphatic heterocycles. The highest BCUT2D eigenvalue weighted by molar-refractivity contribution is 7.30. The molecule has 0 bridgehead atoms. The highest BCUT2D eigenvalue weighted by Gasteiger charge is 1.93. The van der Waals surface area contributed by atoms with E-state index >= 15 is 0 Å². The molecule has 0 saturated heterocycles. The number of aromatic nitrogens is 4. The SMILES string of the molecule is Cl.O=[P+](O)O.c1cn[nH]c1.c1cn[nH]c1. The molecule has 2 aromatic heterocycles. The predicted molar refractivity (Wildman–Crippen MR) is 56.5 cm³/mol. The van der Waals surface area contributed by atoms with Gasteiger partial charge in [0.1, 0.15) is 0 Å². The fourth-order valence-corrected chi connectivity index (χ4v) is 0.430. The number of hydrogen-bond donors (Lipinski definition) is 4. The fraction of sp³-hybridized carbons (Fsp3) is 0. The van der Waals surface area contributed by atoms with Crippen molar-refractivity contribution >= 4 is 20.7 Å². The van der Waals surface area contributed by atoms with E-state index in [0.717, 1.165) is 0 Å². The lowest BCUT2D eigenvalue weighted by Crippen LogP contribution is -1.53. The maximum absolute atomic E-state index is 8.70. The molecule has 0 aromatic carbocycles. The minimum Gasteiger partial charge on any atom is -0.286 e. The van der Waals surface area contributed by atoms with Gasteiger partial charge in [-0.25, -0.2) is 0 Å². The number of rotatable bonds is 0. The van der Waals surface area contributed by atoms with Crippen molar-refractivity contribution in [3.05, 3.63) is 36.9 Å². The summed E-state index contributed by atoms with van der Waals surface area (Å²) in [5.74, 6) is 0. The lowest BCUT2D eigenvalue weighted by Gasteiger charge is -1.49. The number of nitrogens with one attached hydrogen (secondary N) is 2. The van der Waals surface area contributed by atoms with E-state index in [0.29, 0.717) is 0 Å². The van der Waals surface area contributed by atoms with Crippen LogP contribution in [0.1, 0.15) is 0 Å². The molecule has 0 unspecified atom stereocenters. The first kappa shape index (κ1) is 16.2. The van der Waals surface area contributed by atoms with Gasteiger partial charge in [0.2, 0.25) is 0 Å². The summed E-state index contributed by atoms with van der Waals surface area (Å²) in [4.78, 5) is 14.2. The highest BCUT2D eigenvalue weighted by atomic mass is 35.5. The largest absolute Gasteiger partial charge is 0.692 e. The van der Waals surface area contributed by atoms with Gasteiger partial charge in [0.25, 0.3) is 0 Å². The average molecular weight is 254 g/mol. The first-order chi connectivity index (χ1) is 6.73. The van der Waals surface area contributed by atoms with Crippen molar-refractivity contribution in [2.45, 2.75) is 0 Å². The number of H-pyrrole nitrogens is 2. The minimum atomic E-state index is -2.87. The smallest absolute Gasteiger partial charge is 0.286 e. The molecule has 7 nitrogen and oxygen atoms in total. The zero-order valence-corrected chi connectivity index (χ0v) is 9.23. The molecule has 0 aliphatic carbocycles. The van der Waals surface area contributed by atoms with Crippen molar-refractivity contribution in [3.8, 4) is 0 Å². The van der Waals surface area contributed by atoms with Crippen LogP contribution in [0.3, 0.4) is 0 Å². The van der Waals surface area contributed by atoms with Crippen LogP contribution in [0, 0.1) is 0 Å². The lowest BCUT2D eigenvalue weighted by molar-refractivity contribution is 0.405. The van der Waals surface area contributed by atoms with E-state index in [2.05, 4.69) is 20.4 Å². The monoisotopic (exact) mass is 253 g/mol. The maximum Gasteiger partial charge on any atom is 0.692 e. The van der Waals surface area contributed by atoms with Gasteiger partial charge >= 0.3 is 8.25 Å². The maximum atomic E-state index is 8.70. The van der Waals surface area contributed by atoms with Crippen molar-refractivity contribution in [1.82, 2.24) is 20.4 Å². The van der Waals surface area contributed by atoms with Gasteiger partial charge in [0, 0.05) is 29.4 Å². The third-order valence-electron chi connectivity index (χ3n) is 0.812. The molecule has 0 saturated carbocycles. The summed E-state index contributed by atoms with van der Waals surface area (Å²) < 4.78 is 8.70. The Kier molecular flexibility index (Phi) is 13.7. The molecule has 0 aliphatic rings. The minimum absolute atomic E-state index is 0. The Balaban J connectivity index is 0. The van der Waals surface area contributed by atoms with E-state index in [1.807, 2.05) is 12.1 Å². The number of halogens is 1. The van der Waals surface area contributed by atoms with Crippen molar-refractivity contribution in [1.29, 1.82) is 0 Å². The van der Waals surface area contributed by atoms with Gasteiger partial charge < -0.3 is 0 Å². The van der Waals surface area contributed by atoms with E-state index in [4.69, 9.17) is 14.4 Å². The Morgan fingerprint density at radius 3 is 1.40 bits per heavy atom. The van der Waals surface area contributed by atoms with Crippen LogP contribution in [-0.4, -0.2) is 30.2 Å². The highest BCUT2D eigenvalue weighted by Crippen LogP contribution is 1.98. The van der Waals surface area contributed by atoms with Gasteiger partial charge in [-0.3, -0.25) is 10.2 Å². The van der Waals surface area contributed by atoms with E-state index in [1.165, 1.54) is 0 Å². The Bertz CT molecular complexity index is 237. The first-order valence-electron chi connectivity index (χ1n) is 3.46. The van der Waals surface area contributed by atoms with E-state index in [-0.39, 0.29) is 12.4 Å². The van der Waals surface area contributed by atoms with Crippen LogP contribution >= 0.6 is 20.7 Å². The van der Waals surface area contributed by atoms with Crippen LogP contribution in [0.2, 0.25) is 0 Å². The summed E-state index contributed by atoms with van der Waals surface area (Å²) in [5.41, 5.74) is 0. The van der Waals surface area contributed by atoms with Gasteiger partial charge in [-0.15, -0.1) is 22.2 Å². The molecule has 15 heavy (non-hydrogen) atoms. The molecule has 84 valence electrons. The third-order valence-corrected chi connectivity index (χ3v) is 0.812. The second-order valence-electron chi connectivity index (χ2n) is 1.79. The Morgan fingerprint density at radius 2 is 1.33 bits per heavy atom. The van der Waals surface area contributed by atoms with Crippen molar-refractivity contribution in [2.24, 2.45) is 0 Å². The lowest BCUT2D eigenvalue weighted by atomic mass is 10.8. The van der Waals surface area contributed by atoms with Crippen LogP contribution in [0.4, 0.5) is 0 Å². The molecule has 0 fully saturated rings. The molecule has 4 N–H and O–H groups in total. The predicted octanol–water partition coefficient (Wildman–Crippen LogP) is 0.870. The zero-order valence-electron chi connectivity index (χ0n) is 7.52. The second-order valence-corrected chi connectivity index (χ2v) is 2.29. The molecular weight excluding hydrogens is 243 g/mol. The van der Waals surface area contributed by atoms with E-state index in [9.17, 15) is 0 Å². The van der Waals surface area contributed by atoms with Crippen LogP contribution < -0.4 is 0 Å². The number of aromatic amines is 2. The topological polar surface area (TPSA) is 115 Å². The van der Waals surface area contributed by atoms with Crippen LogP contribution in [0.25, 0.3) is 0 Å². The van der Waals surface area contributed by atoms with Crippen LogP contribution in [-0.2, 0) is 4.57 Å². The van der Waals surface area contributed by atoms with Crippen LogP contribution in [0.15, 0.2) is 36.9 Å². The Hall–Kier alpha value is -1.27. The molecular formula is C6H11ClN4O3P+.